The van der Waals surface area contributed by atoms with Gasteiger partial charge < -0.3 is 19.9 Å². The number of aliphatic imine (C=N–C) groups is 1. The molecule has 0 unspecified atom stereocenters. The molecular formula is C23H29N7O3. The van der Waals surface area contributed by atoms with Gasteiger partial charge in [0.1, 0.15) is 11.2 Å². The molecule has 1 aliphatic rings. The van der Waals surface area contributed by atoms with E-state index in [4.69, 9.17) is 14.9 Å². The van der Waals surface area contributed by atoms with Gasteiger partial charge in [0.15, 0.2) is 5.58 Å². The van der Waals surface area contributed by atoms with Crippen LogP contribution in [0.5, 0.6) is 0 Å². The van der Waals surface area contributed by atoms with E-state index in [9.17, 15) is 4.79 Å². The Bertz CT molecular complexity index is 1320. The summed E-state index contributed by atoms with van der Waals surface area (Å²) >= 11 is 0. The molecule has 0 aliphatic carbocycles. The first-order valence-electron chi connectivity index (χ1n) is 10.8. The van der Waals surface area contributed by atoms with Gasteiger partial charge in [-0.05, 0) is 18.9 Å². The molecule has 0 amide bonds. The monoisotopic (exact) mass is 451 g/mol. The minimum atomic E-state index is -0.478. The van der Waals surface area contributed by atoms with Crippen molar-refractivity contribution in [1.29, 1.82) is 0 Å². The minimum absolute atomic E-state index is 0.391. The van der Waals surface area contributed by atoms with Crippen molar-refractivity contribution in [2.24, 2.45) is 17.8 Å². The van der Waals surface area contributed by atoms with E-state index >= 15 is 0 Å². The van der Waals surface area contributed by atoms with Crippen LogP contribution in [0.25, 0.3) is 39.0 Å². The minimum Gasteiger partial charge on any atom is -0.434 e. The number of fused-ring (bicyclic) bond motifs is 3. The summed E-state index contributed by atoms with van der Waals surface area (Å²) < 4.78 is 12.4. The van der Waals surface area contributed by atoms with Crippen molar-refractivity contribution in [3.8, 4) is 11.3 Å². The van der Waals surface area contributed by atoms with Crippen LogP contribution in [-0.4, -0.2) is 51.2 Å². The quantitative estimate of drug-likeness (QED) is 0.456. The van der Waals surface area contributed by atoms with E-state index in [1.54, 1.807) is 43.6 Å². The number of allylic oxidation sites excluding steroid dienone is 1. The number of nitrogens with one attached hydrogen (secondary N) is 1. The molecule has 33 heavy (non-hydrogen) atoms. The average molecular weight is 452 g/mol. The summed E-state index contributed by atoms with van der Waals surface area (Å²) in [5, 5.41) is 4.78. The van der Waals surface area contributed by atoms with Crippen LogP contribution in [0.1, 0.15) is 32.3 Å². The molecule has 3 N–H and O–H groups in total. The van der Waals surface area contributed by atoms with Crippen LogP contribution in [0, 0.1) is 0 Å². The van der Waals surface area contributed by atoms with E-state index < -0.39 is 5.69 Å². The van der Waals surface area contributed by atoms with E-state index in [-0.39, 0.29) is 0 Å². The van der Waals surface area contributed by atoms with Crippen LogP contribution in [0.15, 0.2) is 45.1 Å². The van der Waals surface area contributed by atoms with Gasteiger partial charge in [-0.15, -0.1) is 0 Å². The van der Waals surface area contributed by atoms with Crippen molar-refractivity contribution in [3.05, 3.63) is 46.9 Å². The molecule has 5 heterocycles. The fraction of sp³-hybridized carbons (Fsp3) is 0.348. The van der Waals surface area contributed by atoms with Gasteiger partial charge in [-0.2, -0.15) is 10.1 Å². The number of nitrogens with two attached hydrogens (primary N) is 1. The Balaban J connectivity index is 0.000000381. The molecule has 1 saturated heterocycles. The van der Waals surface area contributed by atoms with Crippen LogP contribution in [0.2, 0.25) is 0 Å². The van der Waals surface area contributed by atoms with Gasteiger partial charge in [-0.3, -0.25) is 9.67 Å². The van der Waals surface area contributed by atoms with Crippen LogP contribution < -0.4 is 11.4 Å². The molecular weight excluding hydrogens is 422 g/mol. The molecule has 0 atom stereocenters. The predicted octanol–water partition coefficient (Wildman–Crippen LogP) is 3.29. The zero-order valence-electron chi connectivity index (χ0n) is 19.3. The second kappa shape index (κ2) is 11.2. The van der Waals surface area contributed by atoms with E-state index in [1.165, 1.54) is 19.0 Å². The number of furan rings is 1. The van der Waals surface area contributed by atoms with E-state index in [0.717, 1.165) is 18.8 Å². The fourth-order valence-corrected chi connectivity index (χ4v) is 3.32. The third-order valence-corrected chi connectivity index (χ3v) is 4.79. The van der Waals surface area contributed by atoms with E-state index in [0.29, 0.717) is 39.0 Å². The summed E-state index contributed by atoms with van der Waals surface area (Å²) in [5.74, 6) is 0. The molecule has 0 spiro atoms. The van der Waals surface area contributed by atoms with Crippen molar-refractivity contribution in [2.45, 2.75) is 26.7 Å². The Hall–Kier alpha value is -3.79. The van der Waals surface area contributed by atoms with Gasteiger partial charge in [0.25, 0.3) is 0 Å². The molecule has 1 fully saturated rings. The molecule has 10 heteroatoms. The first-order chi connectivity index (χ1) is 16.1. The normalized spacial score (nSPS) is 13.8. The Labute approximate surface area is 191 Å². The maximum atomic E-state index is 12.1. The number of H-pyrrole nitrogens is 1. The molecule has 1 aliphatic heterocycles. The number of ether oxygens (including phenoxy) is 1. The Kier molecular flexibility index (Phi) is 8.09. The summed E-state index contributed by atoms with van der Waals surface area (Å²) in [4.78, 5) is 27.2. The Morgan fingerprint density at radius 3 is 2.61 bits per heavy atom. The molecule has 4 aromatic rings. The second-order valence-corrected chi connectivity index (χ2v) is 7.00. The van der Waals surface area contributed by atoms with Crippen molar-refractivity contribution in [2.75, 3.05) is 20.3 Å². The van der Waals surface area contributed by atoms with Crippen LogP contribution >= 0.6 is 0 Å². The number of nitrogens with zero attached hydrogens (tertiary/aromatic N) is 5. The summed E-state index contributed by atoms with van der Waals surface area (Å²) in [6.45, 7) is 6.00. The van der Waals surface area contributed by atoms with Gasteiger partial charge in [0.05, 0.1) is 11.6 Å². The second-order valence-electron chi connectivity index (χ2n) is 7.00. The highest BCUT2D eigenvalue weighted by Gasteiger charge is 2.18. The maximum Gasteiger partial charge on any atom is 0.346 e. The highest BCUT2D eigenvalue weighted by Crippen LogP contribution is 2.32. The summed E-state index contributed by atoms with van der Waals surface area (Å²) in [6.07, 6.45) is 10.7. The largest absolute Gasteiger partial charge is 0.434 e. The smallest absolute Gasteiger partial charge is 0.346 e. The standard InChI is InChI=1S/C17H15N7O2.C4H8O.C2H6/c1-19-5-10(4-18)9-3-12-14-15(26-16(12)20-6-9)13(22-17(25)23-14)11-7-21-24(2)8-11;1-2-4-5-3-1;1-2/h3-8H,18H2,1-2H3,(H,22,23,25);1-4H2;1-2H3/b10-4+,19-5?;;. The predicted molar refractivity (Wildman–Crippen MR) is 130 cm³/mol. The van der Waals surface area contributed by atoms with E-state index in [1.807, 2.05) is 19.9 Å². The SMILES string of the molecule is C1CCOC1.CC.CN=C/C(=C\N)c1cnc2oc3c(-c4cnn(C)c4)nc(=O)[nH]c3c2c1. The first kappa shape index (κ1) is 23.9. The third-order valence-electron chi connectivity index (χ3n) is 4.79. The van der Waals surface area contributed by atoms with Crippen molar-refractivity contribution < 1.29 is 9.15 Å². The lowest BCUT2D eigenvalue weighted by molar-refractivity contribution is 0.198. The topological polar surface area (TPSA) is 137 Å². The zero-order chi connectivity index (χ0) is 23.8. The number of aryl methyl sites for hydroxylation is 1. The molecule has 0 aromatic carbocycles. The first-order valence-corrected chi connectivity index (χ1v) is 10.8. The van der Waals surface area contributed by atoms with Gasteiger partial charge in [-0.1, -0.05) is 13.8 Å². The molecule has 5 rings (SSSR count). The lowest BCUT2D eigenvalue weighted by atomic mass is 10.1. The summed E-state index contributed by atoms with van der Waals surface area (Å²) in [5.41, 5.74) is 9.12. The number of hydrogen-bond acceptors (Lipinski definition) is 8. The number of pyridine rings is 1. The summed E-state index contributed by atoms with van der Waals surface area (Å²) in [6, 6.07) is 1.84. The molecule has 0 radical (unpaired) electrons. The van der Waals surface area contributed by atoms with Crippen LogP contribution in [-0.2, 0) is 11.8 Å². The number of aromatic nitrogens is 5. The number of aromatic amines is 1. The van der Waals surface area contributed by atoms with E-state index in [2.05, 4.69) is 25.0 Å². The average Bonchev–Trinajstić information content (AvgIpc) is 3.60. The molecule has 10 nitrogen and oxygen atoms in total. The molecule has 0 bridgehead atoms. The van der Waals surface area contributed by atoms with Gasteiger partial charge in [-0.25, -0.2) is 9.78 Å². The van der Waals surface area contributed by atoms with Gasteiger partial charge in [0, 0.05) is 68.8 Å². The maximum absolute atomic E-state index is 12.1. The van der Waals surface area contributed by atoms with Crippen LogP contribution in [0.3, 0.4) is 0 Å². The third kappa shape index (κ3) is 5.35. The fourth-order valence-electron chi connectivity index (χ4n) is 3.32. The molecule has 4 aromatic heterocycles. The van der Waals surface area contributed by atoms with Gasteiger partial charge in [0.2, 0.25) is 5.71 Å². The van der Waals surface area contributed by atoms with Crippen LogP contribution in [0.4, 0.5) is 0 Å². The molecule has 174 valence electrons. The Morgan fingerprint density at radius 2 is 2.03 bits per heavy atom. The molecule has 0 saturated carbocycles. The van der Waals surface area contributed by atoms with Crippen molar-refractivity contribution in [3.63, 3.8) is 0 Å². The van der Waals surface area contributed by atoms with Gasteiger partial charge >= 0.3 is 5.69 Å². The summed E-state index contributed by atoms with van der Waals surface area (Å²) in [7, 11) is 3.45. The lowest BCUT2D eigenvalue weighted by Crippen LogP contribution is -2.10. The number of rotatable bonds is 3. The lowest BCUT2D eigenvalue weighted by Gasteiger charge is -2.00. The van der Waals surface area contributed by atoms with Crippen molar-refractivity contribution >= 4 is 34.0 Å². The zero-order valence-corrected chi connectivity index (χ0v) is 19.3. The number of hydrogen-bond donors (Lipinski definition) is 2. The highest BCUT2D eigenvalue weighted by atomic mass is 16.5. The Morgan fingerprint density at radius 1 is 1.27 bits per heavy atom. The van der Waals surface area contributed by atoms with Crippen molar-refractivity contribution in [1.82, 2.24) is 24.7 Å². The highest BCUT2D eigenvalue weighted by molar-refractivity contribution is 6.12.